The van der Waals surface area contributed by atoms with Crippen molar-refractivity contribution in [2.45, 2.75) is 43.0 Å². The van der Waals surface area contributed by atoms with Crippen molar-refractivity contribution in [2.24, 2.45) is 5.73 Å². The Labute approximate surface area is 136 Å². The molecule has 1 aromatic rings. The van der Waals surface area contributed by atoms with Crippen LogP contribution in [0.25, 0.3) is 0 Å². The number of carbonyl (C=O) groups excluding carboxylic acids is 1. The number of piperidine rings is 1. The van der Waals surface area contributed by atoms with E-state index in [2.05, 4.69) is 4.98 Å². The summed E-state index contributed by atoms with van der Waals surface area (Å²) in [5, 5.41) is 0. The third-order valence-corrected chi connectivity index (χ3v) is 6.43. The number of nitrogens with two attached hydrogens (primary N) is 1. The third-order valence-electron chi connectivity index (χ3n) is 4.55. The van der Waals surface area contributed by atoms with Crippen molar-refractivity contribution in [3.05, 3.63) is 18.3 Å². The minimum absolute atomic E-state index is 0.206. The van der Waals surface area contributed by atoms with Crippen molar-refractivity contribution in [2.75, 3.05) is 24.5 Å². The number of carbonyl (C=O) groups is 1. The van der Waals surface area contributed by atoms with Gasteiger partial charge < -0.3 is 10.6 Å². The van der Waals surface area contributed by atoms with Gasteiger partial charge in [0.1, 0.15) is 16.8 Å². The molecule has 3 heterocycles. The summed E-state index contributed by atoms with van der Waals surface area (Å²) in [4.78, 5) is 17.8. The summed E-state index contributed by atoms with van der Waals surface area (Å²) in [6, 6.07) is 2.88. The first-order valence-electron chi connectivity index (χ1n) is 8.02. The molecule has 2 aliphatic rings. The summed E-state index contributed by atoms with van der Waals surface area (Å²) in [6.07, 6.45) is 5.86. The zero-order valence-corrected chi connectivity index (χ0v) is 13.8. The Morgan fingerprint density at radius 3 is 2.48 bits per heavy atom. The molecule has 1 amide bonds. The molecule has 2 aliphatic heterocycles. The van der Waals surface area contributed by atoms with Gasteiger partial charge in [-0.1, -0.05) is 6.42 Å². The zero-order chi connectivity index (χ0) is 16.4. The molecule has 7 nitrogen and oxygen atoms in total. The Morgan fingerprint density at radius 1 is 1.13 bits per heavy atom. The molecule has 126 valence electrons. The summed E-state index contributed by atoms with van der Waals surface area (Å²) in [5.74, 6) is 0.234. The van der Waals surface area contributed by atoms with E-state index in [9.17, 15) is 13.2 Å². The van der Waals surface area contributed by atoms with E-state index in [1.165, 1.54) is 10.5 Å². The Hall–Kier alpha value is -1.67. The molecule has 2 fully saturated rings. The van der Waals surface area contributed by atoms with Crippen molar-refractivity contribution in [3.8, 4) is 0 Å². The number of hydrogen-bond acceptors (Lipinski definition) is 5. The van der Waals surface area contributed by atoms with Crippen LogP contribution in [0.15, 0.2) is 23.2 Å². The highest BCUT2D eigenvalue weighted by Crippen LogP contribution is 2.26. The average molecular weight is 338 g/mol. The summed E-state index contributed by atoms with van der Waals surface area (Å²) in [5.41, 5.74) is 5.41. The lowest BCUT2D eigenvalue weighted by atomic mass is 10.2. The number of pyridine rings is 1. The SMILES string of the molecule is NC(=O)C1CCCN1c1ccc(S(=O)(=O)N2CCCCC2)cn1. The van der Waals surface area contributed by atoms with Gasteiger partial charge >= 0.3 is 0 Å². The molecule has 2 N–H and O–H groups in total. The van der Waals surface area contributed by atoms with Crippen molar-refractivity contribution in [1.29, 1.82) is 0 Å². The predicted molar refractivity (Wildman–Crippen MR) is 86.4 cm³/mol. The highest BCUT2D eigenvalue weighted by atomic mass is 32.2. The van der Waals surface area contributed by atoms with E-state index in [0.29, 0.717) is 31.9 Å². The molecule has 1 atom stereocenters. The molecule has 3 rings (SSSR count). The van der Waals surface area contributed by atoms with Gasteiger partial charge in [0.2, 0.25) is 15.9 Å². The first-order valence-corrected chi connectivity index (χ1v) is 9.46. The van der Waals surface area contributed by atoms with Crippen LogP contribution in [0.1, 0.15) is 32.1 Å². The first-order chi connectivity index (χ1) is 11.0. The van der Waals surface area contributed by atoms with Crippen molar-refractivity contribution in [3.63, 3.8) is 0 Å². The molecule has 23 heavy (non-hydrogen) atoms. The number of hydrogen-bond donors (Lipinski definition) is 1. The fourth-order valence-corrected chi connectivity index (χ4v) is 4.75. The number of primary amides is 1. The molecule has 0 saturated carbocycles. The van der Waals surface area contributed by atoms with Gasteiger partial charge in [0.25, 0.3) is 0 Å². The highest BCUT2D eigenvalue weighted by Gasteiger charge is 2.31. The maximum Gasteiger partial charge on any atom is 0.244 e. The molecular weight excluding hydrogens is 316 g/mol. The Bertz CT molecular complexity index is 668. The van der Waals surface area contributed by atoms with Gasteiger partial charge in [0.15, 0.2) is 0 Å². The fraction of sp³-hybridized carbons (Fsp3) is 0.600. The van der Waals surface area contributed by atoms with Gasteiger partial charge in [-0.2, -0.15) is 4.31 Å². The standard InChI is InChI=1S/C15H22N4O3S/c16-15(20)13-5-4-10-19(13)14-7-6-12(11-17-14)23(21,22)18-8-2-1-3-9-18/h6-7,11,13H,1-5,8-10H2,(H2,16,20). The molecule has 0 aromatic carbocycles. The monoisotopic (exact) mass is 338 g/mol. The maximum atomic E-state index is 12.6. The van der Waals surface area contributed by atoms with E-state index in [-0.39, 0.29) is 16.8 Å². The molecule has 8 heteroatoms. The summed E-state index contributed by atoms with van der Waals surface area (Å²) < 4.78 is 26.7. The largest absolute Gasteiger partial charge is 0.368 e. The Balaban J connectivity index is 1.80. The van der Waals surface area contributed by atoms with Crippen molar-refractivity contribution >= 4 is 21.7 Å². The molecule has 0 bridgehead atoms. The summed E-state index contributed by atoms with van der Waals surface area (Å²) >= 11 is 0. The zero-order valence-electron chi connectivity index (χ0n) is 13.0. The number of sulfonamides is 1. The Kier molecular flexibility index (Phi) is 4.54. The van der Waals surface area contributed by atoms with Crippen molar-refractivity contribution < 1.29 is 13.2 Å². The number of anilines is 1. The van der Waals surface area contributed by atoms with Crippen LogP contribution in [0, 0.1) is 0 Å². The van der Waals surface area contributed by atoms with Gasteiger partial charge in [0.05, 0.1) is 0 Å². The van der Waals surface area contributed by atoms with Crippen LogP contribution in [0.5, 0.6) is 0 Å². The van der Waals surface area contributed by atoms with E-state index in [4.69, 9.17) is 5.73 Å². The minimum Gasteiger partial charge on any atom is -0.368 e. The lowest BCUT2D eigenvalue weighted by Gasteiger charge is -2.26. The number of aromatic nitrogens is 1. The van der Waals surface area contributed by atoms with Gasteiger partial charge in [0, 0.05) is 25.8 Å². The predicted octanol–water partition coefficient (Wildman–Crippen LogP) is 0.710. The van der Waals surface area contributed by atoms with Gasteiger partial charge in [-0.25, -0.2) is 13.4 Å². The average Bonchev–Trinajstić information content (AvgIpc) is 3.06. The second-order valence-corrected chi connectivity index (χ2v) is 8.01. The van der Waals surface area contributed by atoms with Crippen LogP contribution in [0.2, 0.25) is 0 Å². The second-order valence-electron chi connectivity index (χ2n) is 6.07. The van der Waals surface area contributed by atoms with E-state index >= 15 is 0 Å². The molecular formula is C15H22N4O3S. The molecule has 0 radical (unpaired) electrons. The number of rotatable bonds is 4. The molecule has 1 aromatic heterocycles. The summed E-state index contributed by atoms with van der Waals surface area (Å²) in [6.45, 7) is 1.85. The number of nitrogens with zero attached hydrogens (tertiary/aromatic N) is 3. The topological polar surface area (TPSA) is 96.6 Å². The minimum atomic E-state index is -3.47. The van der Waals surface area contributed by atoms with Crippen LogP contribution < -0.4 is 10.6 Å². The van der Waals surface area contributed by atoms with Gasteiger partial charge in [-0.3, -0.25) is 4.79 Å². The third kappa shape index (κ3) is 3.18. The quantitative estimate of drug-likeness (QED) is 0.872. The van der Waals surface area contributed by atoms with E-state index in [1.54, 1.807) is 12.1 Å². The van der Waals surface area contributed by atoms with E-state index in [1.807, 2.05) is 4.90 Å². The van der Waals surface area contributed by atoms with E-state index < -0.39 is 10.0 Å². The van der Waals surface area contributed by atoms with Crippen LogP contribution in [-0.2, 0) is 14.8 Å². The van der Waals surface area contributed by atoms with Gasteiger partial charge in [-0.05, 0) is 37.8 Å². The molecule has 1 unspecified atom stereocenters. The molecule has 2 saturated heterocycles. The molecule has 0 aliphatic carbocycles. The van der Waals surface area contributed by atoms with Gasteiger partial charge in [-0.15, -0.1) is 0 Å². The normalized spacial score (nSPS) is 23.1. The smallest absolute Gasteiger partial charge is 0.244 e. The van der Waals surface area contributed by atoms with Crippen LogP contribution in [-0.4, -0.2) is 49.3 Å². The summed E-state index contributed by atoms with van der Waals surface area (Å²) in [7, 11) is -3.47. The fourth-order valence-electron chi connectivity index (χ4n) is 3.29. The maximum absolute atomic E-state index is 12.6. The number of amides is 1. The first kappa shape index (κ1) is 16.2. The second kappa shape index (κ2) is 6.45. The van der Waals surface area contributed by atoms with Crippen molar-refractivity contribution in [1.82, 2.24) is 9.29 Å². The van der Waals surface area contributed by atoms with Crippen LogP contribution in [0.3, 0.4) is 0 Å². The van der Waals surface area contributed by atoms with Crippen LogP contribution >= 0.6 is 0 Å². The highest BCUT2D eigenvalue weighted by molar-refractivity contribution is 7.89. The lowest BCUT2D eigenvalue weighted by molar-refractivity contribution is -0.119. The molecule has 0 spiro atoms. The van der Waals surface area contributed by atoms with Crippen LogP contribution in [0.4, 0.5) is 5.82 Å². The van der Waals surface area contributed by atoms with E-state index in [0.717, 1.165) is 25.7 Å². The lowest BCUT2D eigenvalue weighted by Crippen LogP contribution is -2.40. The Morgan fingerprint density at radius 2 is 1.87 bits per heavy atom.